The Bertz CT molecular complexity index is 883. The minimum Gasteiger partial charge on any atom is -0.478 e. The highest BCUT2D eigenvalue weighted by Crippen LogP contribution is 2.34. The smallest absolute Gasteiger partial charge is 0.263 e. The Morgan fingerprint density at radius 1 is 1.15 bits per heavy atom. The van der Waals surface area contributed by atoms with Crippen molar-refractivity contribution in [1.29, 1.82) is 0 Å². The first-order chi connectivity index (χ1) is 12.4. The molecule has 2 aromatic rings. The maximum absolute atomic E-state index is 12.9. The normalized spacial score (nSPS) is 17.0. The van der Waals surface area contributed by atoms with Gasteiger partial charge in [0.2, 0.25) is 10.0 Å². The van der Waals surface area contributed by atoms with E-state index in [0.717, 1.165) is 11.8 Å². The molecular formula is C19H22N2O4S. The number of amides is 1. The van der Waals surface area contributed by atoms with Gasteiger partial charge in [-0.3, -0.25) is 9.10 Å². The Labute approximate surface area is 154 Å². The molecule has 0 radical (unpaired) electrons. The molecule has 0 saturated heterocycles. The largest absolute Gasteiger partial charge is 0.478 e. The number of carbonyl (C=O) groups is 1. The summed E-state index contributed by atoms with van der Waals surface area (Å²) >= 11 is 0. The first-order valence-electron chi connectivity index (χ1n) is 8.38. The zero-order chi connectivity index (χ0) is 18.7. The second-order valence-corrected chi connectivity index (χ2v) is 8.28. The van der Waals surface area contributed by atoms with Crippen LogP contribution >= 0.6 is 0 Å². The van der Waals surface area contributed by atoms with E-state index in [4.69, 9.17) is 4.74 Å². The Balaban J connectivity index is 1.81. The predicted octanol–water partition coefficient (Wildman–Crippen LogP) is 2.26. The van der Waals surface area contributed by atoms with Gasteiger partial charge in [0.15, 0.2) is 6.10 Å². The summed E-state index contributed by atoms with van der Waals surface area (Å²) in [4.78, 5) is 14.5. The SMILES string of the molecule is CN(Cc1ccccc1)C(=O)[C@@H]1CCN(S(C)(=O)=O)c2ccccc2O1. The van der Waals surface area contributed by atoms with Crippen LogP contribution in [0.5, 0.6) is 5.75 Å². The fraction of sp³-hybridized carbons (Fsp3) is 0.316. The predicted molar refractivity (Wildman–Crippen MR) is 101 cm³/mol. The molecule has 1 atom stereocenters. The number of sulfonamides is 1. The van der Waals surface area contributed by atoms with E-state index >= 15 is 0 Å². The third kappa shape index (κ3) is 3.99. The van der Waals surface area contributed by atoms with Gasteiger partial charge in [-0.2, -0.15) is 0 Å². The lowest BCUT2D eigenvalue weighted by molar-refractivity contribution is -0.138. The molecule has 0 fully saturated rings. The highest BCUT2D eigenvalue weighted by molar-refractivity contribution is 7.92. The molecule has 0 aromatic heterocycles. The standard InChI is InChI=1S/C19H22N2O4S/c1-20(14-15-8-4-3-5-9-15)19(22)18-12-13-21(26(2,23)24)16-10-6-7-11-17(16)25-18/h3-11,18H,12-14H2,1-2H3/t18-/m0/s1. The van der Waals surface area contributed by atoms with Crippen LogP contribution in [0, 0.1) is 0 Å². The van der Waals surface area contributed by atoms with Gasteiger partial charge in [-0.1, -0.05) is 42.5 Å². The Kier molecular flexibility index (Phi) is 5.18. The number of nitrogens with zero attached hydrogens (tertiary/aromatic N) is 2. The van der Waals surface area contributed by atoms with Gasteiger partial charge in [0.1, 0.15) is 5.75 Å². The number of hydrogen-bond donors (Lipinski definition) is 0. The monoisotopic (exact) mass is 374 g/mol. The summed E-state index contributed by atoms with van der Waals surface area (Å²) in [5.74, 6) is 0.237. The second kappa shape index (κ2) is 7.37. The molecule has 0 saturated carbocycles. The lowest BCUT2D eigenvalue weighted by Crippen LogP contribution is -2.40. The van der Waals surface area contributed by atoms with Crippen LogP contribution in [0.25, 0.3) is 0 Å². The Morgan fingerprint density at radius 3 is 2.50 bits per heavy atom. The summed E-state index contributed by atoms with van der Waals surface area (Å²) in [6.07, 6.45) is 0.726. The van der Waals surface area contributed by atoms with Gasteiger partial charge < -0.3 is 9.64 Å². The van der Waals surface area contributed by atoms with Crippen molar-refractivity contribution in [2.75, 3.05) is 24.2 Å². The minimum absolute atomic E-state index is 0.168. The van der Waals surface area contributed by atoms with Crippen LogP contribution in [0.3, 0.4) is 0 Å². The molecule has 1 heterocycles. The van der Waals surface area contributed by atoms with Gasteiger partial charge in [-0.25, -0.2) is 8.42 Å². The Morgan fingerprint density at radius 2 is 1.81 bits per heavy atom. The molecule has 0 aliphatic carbocycles. The van der Waals surface area contributed by atoms with Crippen LogP contribution in [0.1, 0.15) is 12.0 Å². The van der Waals surface area contributed by atoms with E-state index in [1.807, 2.05) is 30.3 Å². The maximum Gasteiger partial charge on any atom is 0.263 e. The maximum atomic E-state index is 12.9. The lowest BCUT2D eigenvalue weighted by atomic mass is 10.2. The first kappa shape index (κ1) is 18.3. The van der Waals surface area contributed by atoms with Crippen LogP contribution in [0.2, 0.25) is 0 Å². The number of benzene rings is 2. The van der Waals surface area contributed by atoms with Gasteiger partial charge >= 0.3 is 0 Å². The molecule has 138 valence electrons. The van der Waals surface area contributed by atoms with E-state index < -0.39 is 16.1 Å². The molecule has 3 rings (SSSR count). The van der Waals surface area contributed by atoms with Crippen molar-refractivity contribution < 1.29 is 17.9 Å². The van der Waals surface area contributed by atoms with E-state index in [9.17, 15) is 13.2 Å². The summed E-state index contributed by atoms with van der Waals surface area (Å²) < 4.78 is 31.5. The second-order valence-electron chi connectivity index (χ2n) is 6.38. The minimum atomic E-state index is -3.45. The molecule has 0 spiro atoms. The van der Waals surface area contributed by atoms with Crippen molar-refractivity contribution in [1.82, 2.24) is 4.90 Å². The van der Waals surface area contributed by atoms with Gasteiger partial charge in [-0.05, 0) is 17.7 Å². The first-order valence-corrected chi connectivity index (χ1v) is 10.2. The van der Waals surface area contributed by atoms with E-state index in [2.05, 4.69) is 0 Å². The number of likely N-dealkylation sites (N-methyl/N-ethyl adjacent to an activating group) is 1. The Hall–Kier alpha value is -2.54. The van der Waals surface area contributed by atoms with Crippen LogP contribution < -0.4 is 9.04 Å². The number of hydrogen-bond acceptors (Lipinski definition) is 4. The van der Waals surface area contributed by atoms with Gasteiger partial charge in [0.05, 0.1) is 11.9 Å². The lowest BCUT2D eigenvalue weighted by Gasteiger charge is -2.23. The number of para-hydroxylation sites is 2. The van der Waals surface area contributed by atoms with Crippen LogP contribution in [-0.2, 0) is 21.4 Å². The average molecular weight is 374 g/mol. The summed E-state index contributed by atoms with van der Waals surface area (Å²) in [6.45, 7) is 0.669. The van der Waals surface area contributed by atoms with E-state index in [1.54, 1.807) is 36.2 Å². The van der Waals surface area contributed by atoms with Crippen molar-refractivity contribution in [2.45, 2.75) is 19.1 Å². The molecule has 2 aromatic carbocycles. The molecule has 0 N–H and O–H groups in total. The highest BCUT2D eigenvalue weighted by atomic mass is 32.2. The molecule has 6 nitrogen and oxygen atoms in total. The third-order valence-electron chi connectivity index (χ3n) is 4.31. The third-order valence-corrected chi connectivity index (χ3v) is 5.49. The molecule has 1 aliphatic rings. The summed E-state index contributed by atoms with van der Waals surface area (Å²) in [5.41, 5.74) is 1.49. The average Bonchev–Trinajstić information content (AvgIpc) is 2.81. The number of carbonyl (C=O) groups excluding carboxylic acids is 1. The van der Waals surface area contributed by atoms with Crippen LogP contribution in [0.4, 0.5) is 5.69 Å². The van der Waals surface area contributed by atoms with Gasteiger partial charge in [0.25, 0.3) is 5.91 Å². The van der Waals surface area contributed by atoms with E-state index in [0.29, 0.717) is 24.4 Å². The van der Waals surface area contributed by atoms with Crippen molar-refractivity contribution in [3.05, 3.63) is 60.2 Å². The zero-order valence-corrected chi connectivity index (χ0v) is 15.6. The fourth-order valence-electron chi connectivity index (χ4n) is 3.03. The molecule has 1 aliphatic heterocycles. The van der Waals surface area contributed by atoms with E-state index in [-0.39, 0.29) is 12.5 Å². The molecule has 26 heavy (non-hydrogen) atoms. The molecule has 0 unspecified atom stereocenters. The van der Waals surface area contributed by atoms with Gasteiger partial charge in [-0.15, -0.1) is 0 Å². The highest BCUT2D eigenvalue weighted by Gasteiger charge is 2.32. The zero-order valence-electron chi connectivity index (χ0n) is 14.8. The summed E-state index contributed by atoms with van der Waals surface area (Å²) in [7, 11) is -1.73. The van der Waals surface area contributed by atoms with Crippen molar-refractivity contribution in [3.63, 3.8) is 0 Å². The van der Waals surface area contributed by atoms with Crippen molar-refractivity contribution >= 4 is 21.6 Å². The molecular weight excluding hydrogens is 352 g/mol. The molecule has 0 bridgehead atoms. The molecule has 1 amide bonds. The fourth-order valence-corrected chi connectivity index (χ4v) is 3.97. The topological polar surface area (TPSA) is 66.9 Å². The number of fused-ring (bicyclic) bond motifs is 1. The van der Waals surface area contributed by atoms with Crippen LogP contribution in [-0.4, -0.2) is 45.2 Å². The number of rotatable bonds is 4. The van der Waals surface area contributed by atoms with E-state index in [1.165, 1.54) is 4.31 Å². The molecule has 7 heteroatoms. The number of ether oxygens (including phenoxy) is 1. The quantitative estimate of drug-likeness (QED) is 0.823. The summed E-state index contributed by atoms with van der Waals surface area (Å²) in [5, 5.41) is 0. The van der Waals surface area contributed by atoms with Gasteiger partial charge in [0, 0.05) is 26.6 Å². The number of anilines is 1. The van der Waals surface area contributed by atoms with Crippen LogP contribution in [0.15, 0.2) is 54.6 Å². The summed E-state index contributed by atoms with van der Waals surface area (Å²) in [6, 6.07) is 16.6. The van der Waals surface area contributed by atoms with Crippen molar-refractivity contribution in [3.8, 4) is 5.75 Å². The van der Waals surface area contributed by atoms with Crippen molar-refractivity contribution in [2.24, 2.45) is 0 Å².